The van der Waals surface area contributed by atoms with Gasteiger partial charge in [0.05, 0.1) is 16.0 Å². The SMILES string of the molecule is CCCC(Cc1ccc(-c2cc(C#N)nc3ccccc23)cc1)C(=O)NOC(=O)c1cccc([N+](=O)[O-])c1C. The summed E-state index contributed by atoms with van der Waals surface area (Å²) in [5.74, 6) is -1.77. The highest BCUT2D eigenvalue weighted by molar-refractivity contribution is 5.95. The molecule has 4 aromatic rings. The van der Waals surface area contributed by atoms with Gasteiger partial charge < -0.3 is 4.84 Å². The highest BCUT2D eigenvalue weighted by atomic mass is 16.7. The number of para-hydroxylation sites is 1. The van der Waals surface area contributed by atoms with Gasteiger partial charge in [-0.1, -0.05) is 61.9 Å². The van der Waals surface area contributed by atoms with E-state index in [1.165, 1.54) is 25.1 Å². The molecule has 0 saturated heterocycles. The van der Waals surface area contributed by atoms with Crippen molar-refractivity contribution in [2.45, 2.75) is 33.1 Å². The van der Waals surface area contributed by atoms with Crippen LogP contribution in [0.15, 0.2) is 72.8 Å². The Morgan fingerprint density at radius 1 is 1.10 bits per heavy atom. The zero-order chi connectivity index (χ0) is 27.9. The number of fused-ring (bicyclic) bond motifs is 1. The molecule has 9 heteroatoms. The number of nitro groups is 1. The summed E-state index contributed by atoms with van der Waals surface area (Å²) in [5, 5.41) is 21.5. The lowest BCUT2D eigenvalue weighted by Crippen LogP contribution is -2.34. The van der Waals surface area contributed by atoms with Crippen molar-refractivity contribution >= 4 is 28.5 Å². The summed E-state index contributed by atoms with van der Waals surface area (Å²) in [4.78, 5) is 45.4. The van der Waals surface area contributed by atoms with Crippen molar-refractivity contribution in [2.24, 2.45) is 5.92 Å². The van der Waals surface area contributed by atoms with E-state index in [2.05, 4.69) is 16.5 Å². The van der Waals surface area contributed by atoms with E-state index in [4.69, 9.17) is 4.84 Å². The molecule has 4 rings (SSSR count). The predicted octanol–water partition coefficient (Wildman–Crippen LogP) is 5.84. The summed E-state index contributed by atoms with van der Waals surface area (Å²) in [7, 11) is 0. The van der Waals surface area contributed by atoms with E-state index in [0.29, 0.717) is 18.5 Å². The molecule has 0 aliphatic heterocycles. The van der Waals surface area contributed by atoms with E-state index in [-0.39, 0.29) is 16.8 Å². The smallest absolute Gasteiger partial charge is 0.335 e. The second kappa shape index (κ2) is 12.0. The Morgan fingerprint density at radius 2 is 1.85 bits per heavy atom. The monoisotopic (exact) mass is 522 g/mol. The fraction of sp³-hybridized carbons (Fsp3) is 0.200. The summed E-state index contributed by atoms with van der Waals surface area (Å²) >= 11 is 0. The molecule has 1 amide bonds. The molecule has 0 radical (unpaired) electrons. The number of nitrogens with zero attached hydrogens (tertiary/aromatic N) is 3. The molecule has 0 aliphatic carbocycles. The molecule has 0 spiro atoms. The number of nitrogens with one attached hydrogen (secondary N) is 1. The number of hydrogen-bond acceptors (Lipinski definition) is 7. The van der Waals surface area contributed by atoms with Crippen molar-refractivity contribution in [3.8, 4) is 17.2 Å². The van der Waals surface area contributed by atoms with Gasteiger partial charge >= 0.3 is 5.97 Å². The van der Waals surface area contributed by atoms with Crippen molar-refractivity contribution in [2.75, 3.05) is 0 Å². The Balaban J connectivity index is 1.47. The van der Waals surface area contributed by atoms with Crippen LogP contribution in [0, 0.1) is 34.3 Å². The van der Waals surface area contributed by atoms with Crippen LogP contribution in [0.1, 0.15) is 46.9 Å². The molecule has 0 aliphatic rings. The van der Waals surface area contributed by atoms with Gasteiger partial charge in [0.25, 0.3) is 11.6 Å². The topological polar surface area (TPSA) is 135 Å². The van der Waals surface area contributed by atoms with Crippen LogP contribution in [0.4, 0.5) is 5.69 Å². The maximum Gasteiger partial charge on any atom is 0.363 e. The predicted molar refractivity (Wildman–Crippen MR) is 145 cm³/mol. The van der Waals surface area contributed by atoms with Gasteiger partial charge in [-0.25, -0.2) is 9.78 Å². The number of nitro benzene ring substituents is 1. The van der Waals surface area contributed by atoms with Crippen molar-refractivity contribution in [1.29, 1.82) is 5.26 Å². The van der Waals surface area contributed by atoms with Gasteiger partial charge in [-0.05, 0) is 54.7 Å². The number of hydroxylamine groups is 1. The Bertz CT molecular complexity index is 1590. The van der Waals surface area contributed by atoms with Crippen molar-refractivity contribution in [3.63, 3.8) is 0 Å². The fourth-order valence-corrected chi connectivity index (χ4v) is 4.53. The molecule has 0 bridgehead atoms. The maximum atomic E-state index is 12.9. The van der Waals surface area contributed by atoms with E-state index in [0.717, 1.165) is 34.0 Å². The number of carbonyl (C=O) groups is 2. The Morgan fingerprint density at radius 3 is 2.54 bits per heavy atom. The quantitative estimate of drug-likeness (QED) is 0.227. The van der Waals surface area contributed by atoms with Crippen LogP contribution in [-0.2, 0) is 16.1 Å². The minimum atomic E-state index is -0.870. The van der Waals surface area contributed by atoms with Crippen LogP contribution >= 0.6 is 0 Å². The number of hydrogen-bond donors (Lipinski definition) is 1. The standard InChI is InChI=1S/C30H26N4O5/c1-3-7-22(29(35)33-39-30(36)24-9-6-11-28(19(24)2)34(37)38)16-20-12-14-21(15-13-20)26-17-23(18-31)32-27-10-5-4-8-25(26)27/h4-6,8-15,17,22H,3,7,16H2,1-2H3,(H,33,35). The van der Waals surface area contributed by atoms with Gasteiger partial charge in [0.2, 0.25) is 0 Å². The molecule has 0 saturated carbocycles. The first-order valence-electron chi connectivity index (χ1n) is 12.5. The number of rotatable bonds is 8. The molecule has 196 valence electrons. The van der Waals surface area contributed by atoms with Gasteiger partial charge in [-0.15, -0.1) is 0 Å². The summed E-state index contributed by atoms with van der Waals surface area (Å²) in [6.45, 7) is 3.42. The Hall–Kier alpha value is -5.10. The average Bonchev–Trinajstić information content (AvgIpc) is 2.95. The van der Waals surface area contributed by atoms with Gasteiger partial charge in [-0.3, -0.25) is 14.9 Å². The number of amides is 1. The molecular formula is C30H26N4O5. The molecule has 1 N–H and O–H groups in total. The van der Waals surface area contributed by atoms with E-state index >= 15 is 0 Å². The van der Waals surface area contributed by atoms with E-state index in [1.54, 1.807) is 6.07 Å². The number of pyridine rings is 1. The van der Waals surface area contributed by atoms with Crippen LogP contribution in [0.3, 0.4) is 0 Å². The van der Waals surface area contributed by atoms with Crippen LogP contribution < -0.4 is 5.48 Å². The van der Waals surface area contributed by atoms with E-state index < -0.39 is 22.7 Å². The average molecular weight is 523 g/mol. The van der Waals surface area contributed by atoms with Crippen LogP contribution in [0.5, 0.6) is 0 Å². The van der Waals surface area contributed by atoms with Gasteiger partial charge in [0.1, 0.15) is 11.8 Å². The van der Waals surface area contributed by atoms with Gasteiger partial charge in [-0.2, -0.15) is 10.7 Å². The minimum absolute atomic E-state index is 0.00956. The number of aromatic nitrogens is 1. The summed E-state index contributed by atoms with van der Waals surface area (Å²) in [6, 6.07) is 23.4. The third-order valence-electron chi connectivity index (χ3n) is 6.55. The minimum Gasteiger partial charge on any atom is -0.335 e. The molecule has 1 atom stereocenters. The third-order valence-corrected chi connectivity index (χ3v) is 6.55. The van der Waals surface area contributed by atoms with Crippen molar-refractivity contribution < 1.29 is 19.3 Å². The molecule has 1 aromatic heterocycles. The number of nitriles is 1. The first-order valence-corrected chi connectivity index (χ1v) is 12.5. The van der Waals surface area contributed by atoms with Crippen molar-refractivity contribution in [1.82, 2.24) is 10.5 Å². The molecule has 1 heterocycles. The van der Waals surface area contributed by atoms with Gasteiger partial charge in [0, 0.05) is 22.9 Å². The van der Waals surface area contributed by atoms with Crippen molar-refractivity contribution in [3.05, 3.63) is 105 Å². The first-order chi connectivity index (χ1) is 18.8. The molecule has 9 nitrogen and oxygen atoms in total. The van der Waals surface area contributed by atoms with E-state index in [9.17, 15) is 25.0 Å². The third kappa shape index (κ3) is 6.08. The summed E-state index contributed by atoms with van der Waals surface area (Å²) in [5.41, 5.74) is 6.03. The van der Waals surface area contributed by atoms with E-state index in [1.807, 2.05) is 55.5 Å². The lowest BCUT2D eigenvalue weighted by Gasteiger charge is -2.16. The molecule has 1 unspecified atom stereocenters. The van der Waals surface area contributed by atoms with Crippen LogP contribution in [0.2, 0.25) is 0 Å². The molecule has 39 heavy (non-hydrogen) atoms. The summed E-state index contributed by atoms with van der Waals surface area (Å²) in [6.07, 6.45) is 1.74. The zero-order valence-electron chi connectivity index (χ0n) is 21.5. The normalized spacial score (nSPS) is 11.4. The molecular weight excluding hydrogens is 496 g/mol. The largest absolute Gasteiger partial charge is 0.363 e. The molecule has 0 fully saturated rings. The second-order valence-electron chi connectivity index (χ2n) is 9.13. The lowest BCUT2D eigenvalue weighted by molar-refractivity contribution is -0.385. The summed E-state index contributed by atoms with van der Waals surface area (Å²) < 4.78 is 0. The maximum absolute atomic E-state index is 12.9. The fourth-order valence-electron chi connectivity index (χ4n) is 4.53. The first kappa shape index (κ1) is 26.9. The lowest BCUT2D eigenvalue weighted by atomic mass is 9.92. The van der Waals surface area contributed by atoms with Gasteiger partial charge in [0.15, 0.2) is 0 Å². The highest BCUT2D eigenvalue weighted by Gasteiger charge is 2.23. The van der Waals surface area contributed by atoms with Crippen LogP contribution in [-0.4, -0.2) is 21.8 Å². The Labute approximate surface area is 225 Å². The highest BCUT2D eigenvalue weighted by Crippen LogP contribution is 2.29. The number of benzene rings is 3. The second-order valence-corrected chi connectivity index (χ2v) is 9.13. The van der Waals surface area contributed by atoms with Crippen LogP contribution in [0.25, 0.3) is 22.0 Å². The Kier molecular flexibility index (Phi) is 8.27. The molecule has 3 aromatic carbocycles. The zero-order valence-corrected chi connectivity index (χ0v) is 21.5. The number of carbonyl (C=O) groups excluding carboxylic acids is 2.